The molecule has 2 aliphatic rings. The van der Waals surface area contributed by atoms with Gasteiger partial charge >= 0.3 is 0 Å². The molecule has 0 aromatic heterocycles. The van der Waals surface area contributed by atoms with Gasteiger partial charge in [0.15, 0.2) is 0 Å². The summed E-state index contributed by atoms with van der Waals surface area (Å²) >= 11 is 0. The second kappa shape index (κ2) is 6.22. The topological polar surface area (TPSA) is 106 Å². The molecule has 24 heavy (non-hydrogen) atoms. The maximum absolute atomic E-state index is 12.5. The van der Waals surface area contributed by atoms with Crippen molar-refractivity contribution in [2.45, 2.75) is 19.0 Å². The molecule has 0 radical (unpaired) electrons. The lowest BCUT2D eigenvalue weighted by Crippen LogP contribution is -2.55. The number of amides is 2. The number of rotatable bonds is 3. The van der Waals surface area contributed by atoms with Gasteiger partial charge in [-0.1, -0.05) is 0 Å². The molecule has 1 fully saturated rings. The Hall–Kier alpha value is -3.05. The van der Waals surface area contributed by atoms with Gasteiger partial charge in [0.05, 0.1) is 18.7 Å². The average molecular weight is 327 g/mol. The standard InChI is InChI=1S/C16H17N5O3/c1-9-8-21-14(16(23)19-9)12(7-18-21)20-15(22)10-3-4-13(24-2)11(5-10)6-17/h3-5,8,12,14,18H,7H2,1-2H3,(H,19,23)(H,20,22)/t12-,14?/m0/s1. The molecule has 8 heteroatoms. The number of methoxy groups -OCH3 is 1. The fraction of sp³-hybridized carbons (Fsp3) is 0.312. The average Bonchev–Trinajstić information content (AvgIpc) is 2.96. The normalized spacial score (nSPS) is 22.1. The van der Waals surface area contributed by atoms with Crippen LogP contribution in [0.5, 0.6) is 5.75 Å². The van der Waals surface area contributed by atoms with Crippen molar-refractivity contribution in [3.8, 4) is 11.8 Å². The lowest BCUT2D eigenvalue weighted by molar-refractivity contribution is -0.125. The third-order valence-electron chi connectivity index (χ3n) is 3.99. The monoisotopic (exact) mass is 327 g/mol. The van der Waals surface area contributed by atoms with Gasteiger partial charge in [0.1, 0.15) is 17.9 Å². The number of hydrogen-bond acceptors (Lipinski definition) is 6. The summed E-state index contributed by atoms with van der Waals surface area (Å²) in [5.41, 5.74) is 4.44. The SMILES string of the molecule is COc1ccc(C(=O)N[C@H]2CNN3C=C(C)NC(=O)C23)cc1C#N. The lowest BCUT2D eigenvalue weighted by Gasteiger charge is -2.29. The van der Waals surface area contributed by atoms with Crippen molar-refractivity contribution in [3.05, 3.63) is 41.2 Å². The zero-order valence-electron chi connectivity index (χ0n) is 13.3. The Kier molecular flexibility index (Phi) is 4.10. The number of hydrazine groups is 1. The van der Waals surface area contributed by atoms with Crippen LogP contribution in [0.4, 0.5) is 0 Å². The Labute approximate surface area is 139 Å². The van der Waals surface area contributed by atoms with Crippen molar-refractivity contribution in [3.63, 3.8) is 0 Å². The summed E-state index contributed by atoms with van der Waals surface area (Å²) in [6, 6.07) is 5.74. The summed E-state index contributed by atoms with van der Waals surface area (Å²) < 4.78 is 5.07. The molecule has 1 aromatic carbocycles. The van der Waals surface area contributed by atoms with Gasteiger partial charge in [-0.3, -0.25) is 14.6 Å². The highest BCUT2D eigenvalue weighted by Gasteiger charge is 2.41. The molecule has 2 amide bonds. The van der Waals surface area contributed by atoms with Crippen LogP contribution in [0.3, 0.4) is 0 Å². The van der Waals surface area contributed by atoms with E-state index in [2.05, 4.69) is 16.1 Å². The van der Waals surface area contributed by atoms with Crippen molar-refractivity contribution >= 4 is 11.8 Å². The van der Waals surface area contributed by atoms with Crippen molar-refractivity contribution in [1.29, 1.82) is 5.26 Å². The number of benzene rings is 1. The molecule has 0 bridgehead atoms. The molecule has 0 aliphatic carbocycles. The molecular formula is C16H17N5O3. The molecule has 0 spiro atoms. The molecule has 124 valence electrons. The van der Waals surface area contributed by atoms with Gasteiger partial charge < -0.3 is 15.4 Å². The Balaban J connectivity index is 1.76. The summed E-state index contributed by atoms with van der Waals surface area (Å²) in [4.78, 5) is 24.6. The first-order valence-corrected chi connectivity index (χ1v) is 7.43. The minimum atomic E-state index is -0.508. The molecular weight excluding hydrogens is 310 g/mol. The number of carbonyl (C=O) groups is 2. The van der Waals surface area contributed by atoms with Gasteiger partial charge in [-0.15, -0.1) is 0 Å². The fourth-order valence-corrected chi connectivity index (χ4v) is 2.87. The van der Waals surface area contributed by atoms with Crippen LogP contribution in [0.15, 0.2) is 30.1 Å². The van der Waals surface area contributed by atoms with Crippen molar-refractivity contribution in [2.75, 3.05) is 13.7 Å². The Morgan fingerprint density at radius 3 is 3.00 bits per heavy atom. The van der Waals surface area contributed by atoms with Gasteiger partial charge in [-0.25, -0.2) is 5.43 Å². The second-order valence-electron chi connectivity index (χ2n) is 5.62. The van der Waals surface area contributed by atoms with Crippen LogP contribution in [-0.4, -0.2) is 42.6 Å². The summed E-state index contributed by atoms with van der Waals surface area (Å²) in [6.45, 7) is 2.23. The van der Waals surface area contributed by atoms with Crippen LogP contribution < -0.4 is 20.8 Å². The van der Waals surface area contributed by atoms with E-state index in [1.165, 1.54) is 13.2 Å². The number of hydrogen-bond donors (Lipinski definition) is 3. The second-order valence-corrected chi connectivity index (χ2v) is 5.62. The van der Waals surface area contributed by atoms with E-state index in [9.17, 15) is 9.59 Å². The number of carbonyl (C=O) groups excluding carboxylic acids is 2. The molecule has 2 aliphatic heterocycles. The van der Waals surface area contributed by atoms with E-state index in [-0.39, 0.29) is 23.4 Å². The summed E-state index contributed by atoms with van der Waals surface area (Å²) in [5.74, 6) is -0.102. The molecule has 1 unspecified atom stereocenters. The van der Waals surface area contributed by atoms with Crippen LogP contribution >= 0.6 is 0 Å². The zero-order valence-corrected chi connectivity index (χ0v) is 13.3. The van der Waals surface area contributed by atoms with Gasteiger partial charge in [-0.05, 0) is 25.1 Å². The highest BCUT2D eigenvalue weighted by atomic mass is 16.5. The first kappa shape index (κ1) is 15.8. The number of nitrogens with zero attached hydrogens (tertiary/aromatic N) is 2. The van der Waals surface area contributed by atoms with E-state index in [4.69, 9.17) is 10.00 Å². The van der Waals surface area contributed by atoms with E-state index >= 15 is 0 Å². The third-order valence-corrected chi connectivity index (χ3v) is 3.99. The zero-order chi connectivity index (χ0) is 17.3. The van der Waals surface area contributed by atoms with Gasteiger partial charge in [-0.2, -0.15) is 5.26 Å². The molecule has 3 N–H and O–H groups in total. The predicted molar refractivity (Wildman–Crippen MR) is 84.5 cm³/mol. The molecule has 8 nitrogen and oxygen atoms in total. The van der Waals surface area contributed by atoms with E-state index in [1.54, 1.807) is 30.3 Å². The van der Waals surface area contributed by atoms with E-state index in [0.717, 1.165) is 5.70 Å². The molecule has 2 heterocycles. The summed E-state index contributed by atoms with van der Waals surface area (Å²) in [6.07, 6.45) is 1.79. The number of allylic oxidation sites excluding steroid dienone is 1. The van der Waals surface area contributed by atoms with Crippen LogP contribution in [0.1, 0.15) is 22.8 Å². The predicted octanol–water partition coefficient (Wildman–Crippen LogP) is -0.155. The van der Waals surface area contributed by atoms with E-state index < -0.39 is 6.04 Å². The Morgan fingerprint density at radius 1 is 1.50 bits per heavy atom. The fourth-order valence-electron chi connectivity index (χ4n) is 2.87. The molecule has 2 atom stereocenters. The van der Waals surface area contributed by atoms with Crippen molar-refractivity contribution in [1.82, 2.24) is 21.1 Å². The maximum Gasteiger partial charge on any atom is 0.251 e. The van der Waals surface area contributed by atoms with Crippen molar-refractivity contribution in [2.24, 2.45) is 0 Å². The van der Waals surface area contributed by atoms with E-state index in [0.29, 0.717) is 17.9 Å². The highest BCUT2D eigenvalue weighted by Crippen LogP contribution is 2.20. The smallest absolute Gasteiger partial charge is 0.251 e. The highest BCUT2D eigenvalue weighted by molar-refractivity contribution is 5.96. The quantitative estimate of drug-likeness (QED) is 0.712. The van der Waals surface area contributed by atoms with Crippen LogP contribution in [0.2, 0.25) is 0 Å². The minimum Gasteiger partial charge on any atom is -0.495 e. The summed E-state index contributed by atoms with van der Waals surface area (Å²) in [7, 11) is 1.46. The Bertz CT molecular complexity index is 767. The largest absolute Gasteiger partial charge is 0.495 e. The van der Waals surface area contributed by atoms with Gasteiger partial charge in [0.25, 0.3) is 11.8 Å². The molecule has 3 rings (SSSR count). The van der Waals surface area contributed by atoms with Crippen LogP contribution in [0.25, 0.3) is 0 Å². The third kappa shape index (κ3) is 2.77. The first-order chi connectivity index (χ1) is 11.5. The van der Waals surface area contributed by atoms with E-state index in [1.807, 2.05) is 6.07 Å². The van der Waals surface area contributed by atoms with Gasteiger partial charge in [0, 0.05) is 24.0 Å². The Morgan fingerprint density at radius 2 is 2.29 bits per heavy atom. The first-order valence-electron chi connectivity index (χ1n) is 7.43. The molecule has 1 saturated heterocycles. The van der Waals surface area contributed by atoms with Crippen LogP contribution in [-0.2, 0) is 4.79 Å². The number of fused-ring (bicyclic) bond motifs is 1. The minimum absolute atomic E-state index is 0.169. The maximum atomic E-state index is 12.5. The number of nitriles is 1. The molecule has 0 saturated carbocycles. The van der Waals surface area contributed by atoms with Gasteiger partial charge in [0.2, 0.25) is 0 Å². The molecule has 1 aromatic rings. The van der Waals surface area contributed by atoms with Crippen molar-refractivity contribution < 1.29 is 14.3 Å². The number of ether oxygens (including phenoxy) is 1. The van der Waals surface area contributed by atoms with Crippen LogP contribution in [0, 0.1) is 11.3 Å². The lowest BCUT2D eigenvalue weighted by atomic mass is 10.1. The summed E-state index contributed by atoms with van der Waals surface area (Å²) in [5, 5.41) is 16.4. The number of nitrogens with one attached hydrogen (secondary N) is 3.